The summed E-state index contributed by atoms with van der Waals surface area (Å²) >= 11 is 6.47. The molecule has 0 saturated carbocycles. The number of benzene rings is 1. The molecule has 0 aliphatic rings. The summed E-state index contributed by atoms with van der Waals surface area (Å²) in [5.41, 5.74) is 0. The first-order chi connectivity index (χ1) is 10.1. The van der Waals surface area contributed by atoms with Crippen LogP contribution < -0.4 is 27.7 Å². The summed E-state index contributed by atoms with van der Waals surface area (Å²) in [5.74, 6) is 1.51. The van der Waals surface area contributed by atoms with E-state index >= 15 is 0 Å². The zero-order valence-corrected chi connectivity index (χ0v) is 22.1. The van der Waals surface area contributed by atoms with Crippen LogP contribution in [0.25, 0.3) is 0 Å². The van der Waals surface area contributed by atoms with Crippen LogP contribution in [0.2, 0.25) is 70.5 Å². The van der Waals surface area contributed by atoms with Gasteiger partial charge in [0.05, 0.1) is 15.2 Å². The van der Waals surface area contributed by atoms with Gasteiger partial charge in [0.25, 0.3) is 0 Å². The first-order valence-electron chi connectivity index (χ1n) is 8.16. The number of hydrogen-bond donors (Lipinski definition) is 0. The van der Waals surface area contributed by atoms with Crippen LogP contribution in [0, 0.1) is 6.07 Å². The van der Waals surface area contributed by atoms with Gasteiger partial charge in [-0.25, -0.2) is 0 Å². The Morgan fingerprint density at radius 2 is 1.21 bits per heavy atom. The zero-order valence-electron chi connectivity index (χ0n) is 17.3. The van der Waals surface area contributed by atoms with E-state index in [1.165, 1.54) is 0 Å². The summed E-state index contributed by atoms with van der Waals surface area (Å²) < 4.78 is 12.7. The number of hydrogen-bond acceptors (Lipinski definition) is 2. The molecule has 0 aliphatic carbocycles. The molecule has 1 rings (SSSR count). The maximum atomic E-state index is 6.47. The van der Waals surface area contributed by atoms with E-state index in [4.69, 9.17) is 20.5 Å². The van der Waals surface area contributed by atoms with E-state index in [0.717, 1.165) is 11.5 Å². The van der Waals surface area contributed by atoms with Crippen molar-refractivity contribution in [2.24, 2.45) is 0 Å². The Bertz CT molecular complexity index is 566. The van der Waals surface area contributed by atoms with Gasteiger partial charge in [-0.15, -0.1) is 29.8 Å². The van der Waals surface area contributed by atoms with Gasteiger partial charge < -0.3 is 8.85 Å². The van der Waals surface area contributed by atoms with Crippen LogP contribution in [0.3, 0.4) is 0 Å². The van der Waals surface area contributed by atoms with Crippen molar-refractivity contribution in [1.29, 1.82) is 0 Å². The molecule has 24 heavy (non-hydrogen) atoms. The molecule has 1 aromatic rings. The summed E-state index contributed by atoms with van der Waals surface area (Å²) in [6.45, 7) is 23.3. The second kappa shape index (κ2) is 8.07. The van der Waals surface area contributed by atoms with Gasteiger partial charge in [-0.1, -0.05) is 39.3 Å². The van der Waals surface area contributed by atoms with Crippen LogP contribution in [0.15, 0.2) is 12.1 Å². The molecular formula is C16H32ClLiO2Si4. The quantitative estimate of drug-likeness (QED) is 0.529. The minimum absolute atomic E-state index is 0. The molecule has 0 radical (unpaired) electrons. The van der Waals surface area contributed by atoms with E-state index in [-0.39, 0.29) is 18.9 Å². The van der Waals surface area contributed by atoms with Crippen LogP contribution in [0.1, 0.15) is 0 Å². The van der Waals surface area contributed by atoms with E-state index in [9.17, 15) is 0 Å². The summed E-state index contributed by atoms with van der Waals surface area (Å²) in [7, 11) is -6.17. The predicted molar refractivity (Wildman–Crippen MR) is 113 cm³/mol. The van der Waals surface area contributed by atoms with Gasteiger partial charge in [-0.3, -0.25) is 0 Å². The summed E-state index contributed by atoms with van der Waals surface area (Å²) in [6.07, 6.45) is 0. The van der Waals surface area contributed by atoms with E-state index in [0.29, 0.717) is 5.02 Å². The molecule has 0 atom stereocenters. The second-order valence-electron chi connectivity index (χ2n) is 9.23. The molecule has 0 N–H and O–H groups in total. The Hall–Kier alpha value is 0.575. The third kappa shape index (κ3) is 6.08. The van der Waals surface area contributed by atoms with Crippen LogP contribution in [-0.4, -0.2) is 30.9 Å². The first-order valence-corrected chi connectivity index (χ1v) is 23.4. The maximum Gasteiger partial charge on any atom is 1.00 e. The Morgan fingerprint density at radius 1 is 0.792 bits per heavy atom. The van der Waals surface area contributed by atoms with Crippen molar-refractivity contribution >= 4 is 42.5 Å². The summed E-state index contributed by atoms with van der Waals surface area (Å²) in [6, 6.07) is 6.98. The van der Waals surface area contributed by atoms with Gasteiger partial charge >= 0.3 is 18.9 Å². The van der Waals surface area contributed by atoms with Gasteiger partial charge in [0.1, 0.15) is 0 Å². The van der Waals surface area contributed by atoms with Crippen LogP contribution in [-0.2, 0) is 0 Å². The molecule has 0 aliphatic heterocycles. The number of halogens is 1. The first kappa shape index (κ1) is 24.6. The molecule has 0 heterocycles. The van der Waals surface area contributed by atoms with Gasteiger partial charge in [-0.05, 0) is 37.0 Å². The smallest absolute Gasteiger partial charge is 0.603 e. The molecule has 0 unspecified atom stereocenters. The summed E-state index contributed by atoms with van der Waals surface area (Å²) in [4.78, 5) is 0. The SMILES string of the molecule is C[Si](C)(C)[Si](C)(C)Oc1[c-]cc(O[Si](C)(C)[Si](C)(C)C)c(Cl)c1.[Li+]. The molecular weight excluding hydrogens is 379 g/mol. The molecule has 0 spiro atoms. The minimum atomic E-state index is -1.76. The third-order valence-electron chi connectivity index (χ3n) is 5.18. The Kier molecular flexibility index (Phi) is 8.27. The Labute approximate surface area is 169 Å². The Balaban J connectivity index is 0.00000529. The second-order valence-corrected chi connectivity index (χ2v) is 41.3. The van der Waals surface area contributed by atoms with Crippen LogP contribution in [0.5, 0.6) is 11.5 Å². The third-order valence-corrected chi connectivity index (χ3v) is 36.4. The maximum absolute atomic E-state index is 6.47. The average molecular weight is 411 g/mol. The van der Waals surface area contributed by atoms with Crippen molar-refractivity contribution < 1.29 is 27.7 Å². The van der Waals surface area contributed by atoms with Gasteiger partial charge in [-0.2, -0.15) is 0 Å². The van der Waals surface area contributed by atoms with Crippen LogP contribution >= 0.6 is 11.6 Å². The molecule has 0 fully saturated rings. The fraction of sp³-hybridized carbons (Fsp3) is 0.625. The molecule has 0 amide bonds. The van der Waals surface area contributed by atoms with E-state index in [1.807, 2.05) is 12.1 Å². The molecule has 132 valence electrons. The van der Waals surface area contributed by atoms with Crippen molar-refractivity contribution in [3.63, 3.8) is 0 Å². The van der Waals surface area contributed by atoms with Crippen molar-refractivity contribution in [3.8, 4) is 11.5 Å². The molecule has 2 nitrogen and oxygen atoms in total. The predicted octanol–water partition coefficient (Wildman–Crippen LogP) is 3.15. The Morgan fingerprint density at radius 3 is 1.58 bits per heavy atom. The fourth-order valence-corrected chi connectivity index (χ4v) is 6.18. The van der Waals surface area contributed by atoms with Crippen molar-refractivity contribution in [2.45, 2.75) is 65.5 Å². The molecule has 8 heteroatoms. The van der Waals surface area contributed by atoms with E-state index < -0.39 is 30.9 Å². The van der Waals surface area contributed by atoms with Gasteiger partial charge in [0.2, 0.25) is 15.7 Å². The molecule has 0 saturated heterocycles. The molecule has 1 aromatic carbocycles. The van der Waals surface area contributed by atoms with Gasteiger partial charge in [0.15, 0.2) is 0 Å². The van der Waals surface area contributed by atoms with Crippen molar-refractivity contribution in [2.75, 3.05) is 0 Å². The van der Waals surface area contributed by atoms with Crippen molar-refractivity contribution in [3.05, 3.63) is 23.2 Å². The largest absolute Gasteiger partial charge is 1.00 e. The zero-order chi connectivity index (χ0) is 18.3. The monoisotopic (exact) mass is 410 g/mol. The van der Waals surface area contributed by atoms with Crippen LogP contribution in [0.4, 0.5) is 0 Å². The molecule has 0 aromatic heterocycles. The van der Waals surface area contributed by atoms with Crippen molar-refractivity contribution in [1.82, 2.24) is 0 Å². The normalized spacial score (nSPS) is 13.3. The van der Waals surface area contributed by atoms with E-state index in [2.05, 4.69) is 71.5 Å². The topological polar surface area (TPSA) is 18.5 Å². The standard InChI is InChI=1S/C16H32ClO2Si4.Li/c1-20(2,3)22(7,8)18-14-11-12-16(15(17)13-14)19-23(9,10)21(4,5)6;/h12-13H,1-10H3;/q-1;+1. The molecule has 0 bridgehead atoms. The average Bonchev–Trinajstić information content (AvgIpc) is 2.29. The summed E-state index contributed by atoms with van der Waals surface area (Å²) in [5, 5.41) is 0.637. The van der Waals surface area contributed by atoms with Gasteiger partial charge in [0, 0.05) is 5.75 Å². The number of rotatable bonds is 6. The fourth-order valence-electron chi connectivity index (χ4n) is 1.43. The van der Waals surface area contributed by atoms with E-state index in [1.54, 1.807) is 0 Å². The minimum Gasteiger partial charge on any atom is -0.603 e.